The number of ether oxygens (including phenoxy) is 2. The Balaban J connectivity index is 1.68. The number of anilines is 1. The average molecular weight is 435 g/mol. The number of benzene rings is 2. The lowest BCUT2D eigenvalue weighted by molar-refractivity contribution is -0.120. The van der Waals surface area contributed by atoms with E-state index in [1.165, 1.54) is 4.90 Å². The Labute approximate surface area is 189 Å². The maximum absolute atomic E-state index is 13.6. The quantitative estimate of drug-likeness (QED) is 0.601. The first-order valence-electron chi connectivity index (χ1n) is 11.2. The van der Waals surface area contributed by atoms with Crippen molar-refractivity contribution in [1.29, 1.82) is 0 Å². The zero-order valence-electron chi connectivity index (χ0n) is 19.0. The molecule has 6 nitrogen and oxygen atoms in total. The molecular formula is C26H30N2O4. The average Bonchev–Trinajstić information content (AvgIpc) is 3.08. The van der Waals surface area contributed by atoms with Crippen molar-refractivity contribution in [2.24, 2.45) is 5.92 Å². The summed E-state index contributed by atoms with van der Waals surface area (Å²) in [7, 11) is 1.61. The largest absolute Gasteiger partial charge is 0.497 e. The third kappa shape index (κ3) is 4.35. The number of carbonyl (C=O) groups is 2. The maximum atomic E-state index is 13.6. The topological polar surface area (TPSA) is 59.1 Å². The summed E-state index contributed by atoms with van der Waals surface area (Å²) in [5.74, 6) is 1.29. The van der Waals surface area contributed by atoms with Crippen molar-refractivity contribution in [1.82, 2.24) is 4.90 Å². The summed E-state index contributed by atoms with van der Waals surface area (Å²) in [6.07, 6.45) is 3.18. The minimum Gasteiger partial charge on any atom is -0.497 e. The molecule has 2 aliphatic heterocycles. The molecule has 2 aromatic carbocycles. The molecule has 0 N–H and O–H groups in total. The molecule has 32 heavy (non-hydrogen) atoms. The number of hydrogen-bond acceptors (Lipinski definition) is 5. The van der Waals surface area contributed by atoms with Gasteiger partial charge in [0.2, 0.25) is 0 Å². The van der Waals surface area contributed by atoms with Crippen molar-refractivity contribution in [2.45, 2.75) is 33.1 Å². The molecule has 0 aliphatic carbocycles. The Kier molecular flexibility index (Phi) is 6.49. The highest BCUT2D eigenvalue weighted by atomic mass is 16.5. The predicted molar refractivity (Wildman–Crippen MR) is 125 cm³/mol. The third-order valence-corrected chi connectivity index (χ3v) is 5.79. The molecule has 0 bridgehead atoms. The van der Waals surface area contributed by atoms with Crippen LogP contribution in [-0.2, 0) is 9.59 Å². The first kappa shape index (κ1) is 21.9. The van der Waals surface area contributed by atoms with Gasteiger partial charge in [0.05, 0.1) is 25.0 Å². The molecule has 4 rings (SSSR count). The second-order valence-electron chi connectivity index (χ2n) is 8.64. The number of amides is 2. The maximum Gasteiger partial charge on any atom is 0.282 e. The van der Waals surface area contributed by atoms with Crippen LogP contribution in [0.3, 0.4) is 0 Å². The van der Waals surface area contributed by atoms with Gasteiger partial charge in [-0.15, -0.1) is 0 Å². The summed E-state index contributed by atoms with van der Waals surface area (Å²) in [6, 6.07) is 14.5. The van der Waals surface area contributed by atoms with Crippen molar-refractivity contribution < 1.29 is 19.1 Å². The van der Waals surface area contributed by atoms with Crippen LogP contribution < -0.4 is 14.4 Å². The fraction of sp³-hybridized carbons (Fsp3) is 0.385. The van der Waals surface area contributed by atoms with Crippen molar-refractivity contribution in [3.05, 3.63) is 59.8 Å². The van der Waals surface area contributed by atoms with Gasteiger partial charge in [-0.25, -0.2) is 4.90 Å². The van der Waals surface area contributed by atoms with Crippen molar-refractivity contribution >= 4 is 23.1 Å². The number of methoxy groups -OCH3 is 1. The Morgan fingerprint density at radius 2 is 1.47 bits per heavy atom. The lowest BCUT2D eigenvalue weighted by Crippen LogP contribution is -2.37. The third-order valence-electron chi connectivity index (χ3n) is 5.79. The number of rotatable bonds is 7. The van der Waals surface area contributed by atoms with E-state index < -0.39 is 0 Å². The zero-order valence-corrected chi connectivity index (χ0v) is 19.0. The van der Waals surface area contributed by atoms with Crippen molar-refractivity contribution in [3.63, 3.8) is 0 Å². The zero-order chi connectivity index (χ0) is 22.7. The van der Waals surface area contributed by atoms with Crippen LogP contribution in [-0.4, -0.2) is 43.5 Å². The fourth-order valence-corrected chi connectivity index (χ4v) is 4.14. The molecule has 1 fully saturated rings. The number of hydrogen-bond donors (Lipinski definition) is 0. The summed E-state index contributed by atoms with van der Waals surface area (Å²) in [6.45, 7) is 6.35. The van der Waals surface area contributed by atoms with Gasteiger partial charge in [0, 0.05) is 13.1 Å². The SMILES string of the molecule is COc1ccc(C2=C(N3CCCCC3)C(=O)N(c3ccc(OCC(C)C)cc3)C2=O)cc1. The minimum absolute atomic E-state index is 0.265. The molecule has 0 atom stereocenters. The Morgan fingerprint density at radius 1 is 0.844 bits per heavy atom. The Bertz CT molecular complexity index is 1000. The summed E-state index contributed by atoms with van der Waals surface area (Å²) in [5, 5.41) is 0. The molecule has 0 radical (unpaired) electrons. The van der Waals surface area contributed by atoms with E-state index in [2.05, 4.69) is 18.7 Å². The van der Waals surface area contributed by atoms with Crippen molar-refractivity contribution in [2.75, 3.05) is 31.7 Å². The molecule has 0 spiro atoms. The number of carbonyl (C=O) groups excluding carboxylic acids is 2. The predicted octanol–water partition coefficient (Wildman–Crippen LogP) is 4.50. The second-order valence-corrected chi connectivity index (χ2v) is 8.64. The minimum atomic E-state index is -0.295. The van der Waals surface area contributed by atoms with Gasteiger partial charge < -0.3 is 14.4 Å². The van der Waals surface area contributed by atoms with Gasteiger partial charge in [-0.3, -0.25) is 9.59 Å². The molecule has 0 unspecified atom stereocenters. The van der Waals surface area contributed by atoms with Gasteiger partial charge in [-0.05, 0) is 67.1 Å². The molecule has 1 saturated heterocycles. The first-order valence-corrected chi connectivity index (χ1v) is 11.2. The van der Waals surface area contributed by atoms with Crippen LogP contribution >= 0.6 is 0 Å². The summed E-state index contributed by atoms with van der Waals surface area (Å²) < 4.78 is 11.0. The second kappa shape index (κ2) is 9.47. The summed E-state index contributed by atoms with van der Waals surface area (Å²) in [4.78, 5) is 30.5. The number of piperidine rings is 1. The lowest BCUT2D eigenvalue weighted by Gasteiger charge is -2.29. The van der Waals surface area contributed by atoms with E-state index in [4.69, 9.17) is 9.47 Å². The number of nitrogens with zero attached hydrogens (tertiary/aromatic N) is 2. The molecular weight excluding hydrogens is 404 g/mol. The summed E-state index contributed by atoms with van der Waals surface area (Å²) >= 11 is 0. The highest BCUT2D eigenvalue weighted by molar-refractivity contribution is 6.45. The van der Waals surface area contributed by atoms with Gasteiger partial charge in [0.25, 0.3) is 11.8 Å². The van der Waals surface area contributed by atoms with Crippen LogP contribution in [0, 0.1) is 5.92 Å². The molecule has 0 saturated carbocycles. The standard InChI is InChI=1S/C26H30N2O4/c1-18(2)17-32-22-13-9-20(10-14-22)28-25(29)23(19-7-11-21(31-3)12-8-19)24(26(28)30)27-15-5-4-6-16-27/h7-14,18H,4-6,15-17H2,1-3H3. The molecule has 2 amide bonds. The van der Waals surface area contributed by atoms with Gasteiger partial charge >= 0.3 is 0 Å². The van der Waals surface area contributed by atoms with Crippen LogP contribution in [0.2, 0.25) is 0 Å². The molecule has 168 valence electrons. The van der Waals surface area contributed by atoms with Crippen LogP contribution in [0.25, 0.3) is 5.57 Å². The molecule has 2 heterocycles. The molecule has 6 heteroatoms. The van der Waals surface area contributed by atoms with Crippen LogP contribution in [0.1, 0.15) is 38.7 Å². The van der Waals surface area contributed by atoms with E-state index >= 15 is 0 Å². The normalized spacial score (nSPS) is 16.9. The van der Waals surface area contributed by atoms with E-state index in [9.17, 15) is 9.59 Å². The monoisotopic (exact) mass is 434 g/mol. The highest BCUT2D eigenvalue weighted by Crippen LogP contribution is 2.36. The first-order chi connectivity index (χ1) is 15.5. The molecule has 2 aliphatic rings. The lowest BCUT2D eigenvalue weighted by atomic mass is 10.0. The van der Waals surface area contributed by atoms with Crippen LogP contribution in [0.5, 0.6) is 11.5 Å². The Hall–Kier alpha value is -3.28. The summed E-state index contributed by atoms with van der Waals surface area (Å²) in [5.41, 5.74) is 2.23. The Morgan fingerprint density at radius 3 is 2.06 bits per heavy atom. The smallest absolute Gasteiger partial charge is 0.282 e. The van der Waals surface area contributed by atoms with Gasteiger partial charge in [0.1, 0.15) is 17.2 Å². The van der Waals surface area contributed by atoms with E-state index in [-0.39, 0.29) is 11.8 Å². The van der Waals surface area contributed by atoms with E-state index in [0.29, 0.717) is 35.2 Å². The van der Waals surface area contributed by atoms with E-state index in [1.54, 1.807) is 19.2 Å². The molecule has 0 aromatic heterocycles. The van der Waals surface area contributed by atoms with Gasteiger partial charge in [0.15, 0.2) is 0 Å². The van der Waals surface area contributed by atoms with Gasteiger partial charge in [-0.1, -0.05) is 26.0 Å². The fourth-order valence-electron chi connectivity index (χ4n) is 4.14. The molecule has 2 aromatic rings. The van der Waals surface area contributed by atoms with E-state index in [1.807, 2.05) is 36.4 Å². The van der Waals surface area contributed by atoms with E-state index in [0.717, 1.165) is 43.7 Å². The number of likely N-dealkylation sites (tertiary alicyclic amines) is 1. The van der Waals surface area contributed by atoms with Crippen molar-refractivity contribution in [3.8, 4) is 11.5 Å². The van der Waals surface area contributed by atoms with Crippen LogP contribution in [0.15, 0.2) is 54.2 Å². The van der Waals surface area contributed by atoms with Crippen LogP contribution in [0.4, 0.5) is 5.69 Å². The number of imide groups is 1. The highest BCUT2D eigenvalue weighted by Gasteiger charge is 2.42. The van der Waals surface area contributed by atoms with Gasteiger partial charge in [-0.2, -0.15) is 0 Å².